The zero-order valence-corrected chi connectivity index (χ0v) is 8.80. The van der Waals surface area contributed by atoms with E-state index in [0.29, 0.717) is 12.1 Å². The molecule has 0 bridgehead atoms. The molecule has 1 aliphatic heterocycles. The molecule has 0 amide bonds. The zero-order chi connectivity index (χ0) is 9.52. The zero-order valence-electron chi connectivity index (χ0n) is 8.80. The minimum Gasteiger partial charge on any atom is -0.378 e. The second kappa shape index (κ2) is 6.39. The maximum absolute atomic E-state index is 5.88. The Morgan fingerprint density at radius 1 is 1.31 bits per heavy atom. The van der Waals surface area contributed by atoms with E-state index in [1.54, 1.807) is 0 Å². The summed E-state index contributed by atoms with van der Waals surface area (Å²) in [5, 5.41) is 0. The summed E-state index contributed by atoms with van der Waals surface area (Å²) in [6, 6.07) is 0.393. The first-order chi connectivity index (χ1) is 6.33. The summed E-state index contributed by atoms with van der Waals surface area (Å²) in [7, 11) is 0. The van der Waals surface area contributed by atoms with Gasteiger partial charge < -0.3 is 10.5 Å². The van der Waals surface area contributed by atoms with E-state index in [9.17, 15) is 0 Å². The van der Waals surface area contributed by atoms with E-state index in [0.717, 1.165) is 19.4 Å². The van der Waals surface area contributed by atoms with Gasteiger partial charge in [-0.15, -0.1) is 0 Å². The summed E-state index contributed by atoms with van der Waals surface area (Å²) in [6.07, 6.45) is 9.13. The van der Waals surface area contributed by atoms with Crippen molar-refractivity contribution >= 4 is 0 Å². The van der Waals surface area contributed by atoms with Gasteiger partial charge in [-0.1, -0.05) is 32.6 Å². The van der Waals surface area contributed by atoms with Gasteiger partial charge in [0.1, 0.15) is 0 Å². The largest absolute Gasteiger partial charge is 0.378 e. The highest BCUT2D eigenvalue weighted by Gasteiger charge is 2.18. The van der Waals surface area contributed by atoms with Crippen molar-refractivity contribution in [1.82, 2.24) is 0 Å². The van der Waals surface area contributed by atoms with Crippen LogP contribution < -0.4 is 5.73 Å². The summed E-state index contributed by atoms with van der Waals surface area (Å²) in [4.78, 5) is 0. The Morgan fingerprint density at radius 2 is 2.15 bits per heavy atom. The van der Waals surface area contributed by atoms with E-state index in [4.69, 9.17) is 10.5 Å². The summed E-state index contributed by atoms with van der Waals surface area (Å²) >= 11 is 0. The fourth-order valence-electron chi connectivity index (χ4n) is 1.91. The topological polar surface area (TPSA) is 35.2 Å². The minimum absolute atomic E-state index is 0.393. The monoisotopic (exact) mass is 185 g/mol. The molecule has 1 fully saturated rings. The third kappa shape index (κ3) is 4.63. The van der Waals surface area contributed by atoms with Gasteiger partial charge in [-0.2, -0.15) is 0 Å². The second-order valence-electron chi connectivity index (χ2n) is 4.13. The van der Waals surface area contributed by atoms with Crippen LogP contribution in [0, 0.1) is 0 Å². The maximum Gasteiger partial charge on any atom is 0.0589 e. The molecule has 0 aromatic rings. The molecule has 78 valence electrons. The summed E-state index contributed by atoms with van der Waals surface area (Å²) in [5.41, 5.74) is 5.88. The summed E-state index contributed by atoms with van der Waals surface area (Å²) < 4.78 is 5.65. The van der Waals surface area contributed by atoms with Gasteiger partial charge in [0.05, 0.1) is 6.10 Å². The predicted octanol–water partition coefficient (Wildman–Crippen LogP) is 2.46. The van der Waals surface area contributed by atoms with E-state index in [1.807, 2.05) is 0 Å². The van der Waals surface area contributed by atoms with Gasteiger partial charge in [0.15, 0.2) is 0 Å². The smallest absolute Gasteiger partial charge is 0.0589 e. The van der Waals surface area contributed by atoms with Crippen LogP contribution in [0.25, 0.3) is 0 Å². The molecule has 0 radical (unpaired) electrons. The molecule has 2 heteroatoms. The maximum atomic E-state index is 5.88. The van der Waals surface area contributed by atoms with Gasteiger partial charge in [0.25, 0.3) is 0 Å². The molecule has 2 N–H and O–H groups in total. The first-order valence-electron chi connectivity index (χ1n) is 5.70. The first kappa shape index (κ1) is 11.0. The lowest BCUT2D eigenvalue weighted by molar-refractivity contribution is 0.00194. The highest BCUT2D eigenvalue weighted by atomic mass is 16.5. The number of ether oxygens (including phenoxy) is 1. The SMILES string of the molecule is CCCCCCC1CC(N)CCO1. The second-order valence-corrected chi connectivity index (χ2v) is 4.13. The van der Waals surface area contributed by atoms with Crippen molar-refractivity contribution in [2.24, 2.45) is 5.73 Å². The molecule has 0 aliphatic carbocycles. The number of unbranched alkanes of at least 4 members (excludes halogenated alkanes) is 3. The van der Waals surface area contributed by atoms with Crippen LogP contribution in [-0.4, -0.2) is 18.8 Å². The Labute approximate surface area is 81.8 Å². The standard InChI is InChI=1S/C11H23NO/c1-2-3-4-5-6-11-9-10(12)7-8-13-11/h10-11H,2-9,12H2,1H3. The van der Waals surface area contributed by atoms with Gasteiger partial charge in [0, 0.05) is 12.6 Å². The lowest BCUT2D eigenvalue weighted by Gasteiger charge is -2.27. The highest BCUT2D eigenvalue weighted by Crippen LogP contribution is 2.17. The van der Waals surface area contributed by atoms with E-state index in [-0.39, 0.29) is 0 Å². The molecule has 0 aromatic heterocycles. The van der Waals surface area contributed by atoms with Crippen LogP contribution in [0.15, 0.2) is 0 Å². The lowest BCUT2D eigenvalue weighted by Crippen LogP contribution is -2.34. The Balaban J connectivity index is 2.00. The predicted molar refractivity (Wildman–Crippen MR) is 55.7 cm³/mol. The number of hydrogen-bond donors (Lipinski definition) is 1. The van der Waals surface area contributed by atoms with Crippen LogP contribution in [0.2, 0.25) is 0 Å². The third-order valence-corrected chi connectivity index (χ3v) is 2.79. The fraction of sp³-hybridized carbons (Fsp3) is 1.00. The van der Waals surface area contributed by atoms with Crippen molar-refractivity contribution in [3.8, 4) is 0 Å². The van der Waals surface area contributed by atoms with Gasteiger partial charge >= 0.3 is 0 Å². The summed E-state index contributed by atoms with van der Waals surface area (Å²) in [6.45, 7) is 3.12. The molecule has 1 aliphatic rings. The van der Waals surface area contributed by atoms with Gasteiger partial charge in [-0.25, -0.2) is 0 Å². The van der Waals surface area contributed by atoms with Crippen LogP contribution in [0.4, 0.5) is 0 Å². The molecular weight excluding hydrogens is 162 g/mol. The molecule has 1 saturated heterocycles. The number of rotatable bonds is 5. The number of nitrogens with two attached hydrogens (primary N) is 1. The molecule has 2 unspecified atom stereocenters. The molecule has 13 heavy (non-hydrogen) atoms. The van der Waals surface area contributed by atoms with Crippen LogP contribution in [0.3, 0.4) is 0 Å². The Hall–Kier alpha value is -0.0800. The van der Waals surface area contributed by atoms with Crippen molar-refractivity contribution in [3.05, 3.63) is 0 Å². The lowest BCUT2D eigenvalue weighted by atomic mass is 9.99. The van der Waals surface area contributed by atoms with Crippen molar-refractivity contribution in [2.75, 3.05) is 6.61 Å². The van der Waals surface area contributed by atoms with Crippen LogP contribution in [0.1, 0.15) is 51.9 Å². The molecular formula is C11H23NO. The quantitative estimate of drug-likeness (QED) is 0.668. The van der Waals surface area contributed by atoms with E-state index >= 15 is 0 Å². The van der Waals surface area contributed by atoms with Gasteiger partial charge in [-0.3, -0.25) is 0 Å². The Kier molecular flexibility index (Phi) is 5.40. The molecule has 0 saturated carbocycles. The van der Waals surface area contributed by atoms with Gasteiger partial charge in [-0.05, 0) is 19.3 Å². The average molecular weight is 185 g/mol. The van der Waals surface area contributed by atoms with Crippen molar-refractivity contribution in [1.29, 1.82) is 0 Å². The highest BCUT2D eigenvalue weighted by molar-refractivity contribution is 4.73. The van der Waals surface area contributed by atoms with Crippen molar-refractivity contribution < 1.29 is 4.74 Å². The first-order valence-corrected chi connectivity index (χ1v) is 5.70. The van der Waals surface area contributed by atoms with Crippen LogP contribution >= 0.6 is 0 Å². The van der Waals surface area contributed by atoms with E-state index in [2.05, 4.69) is 6.92 Å². The molecule has 0 aromatic carbocycles. The molecule has 1 heterocycles. The van der Waals surface area contributed by atoms with Crippen LogP contribution in [-0.2, 0) is 4.74 Å². The molecule has 2 nitrogen and oxygen atoms in total. The van der Waals surface area contributed by atoms with E-state index < -0.39 is 0 Å². The van der Waals surface area contributed by atoms with Crippen molar-refractivity contribution in [3.63, 3.8) is 0 Å². The third-order valence-electron chi connectivity index (χ3n) is 2.79. The Bertz CT molecular complexity index is 127. The van der Waals surface area contributed by atoms with E-state index in [1.165, 1.54) is 32.1 Å². The Morgan fingerprint density at radius 3 is 2.85 bits per heavy atom. The normalized spacial score (nSPS) is 29.1. The molecule has 0 spiro atoms. The number of hydrogen-bond acceptors (Lipinski definition) is 2. The minimum atomic E-state index is 0.393. The summed E-state index contributed by atoms with van der Waals surface area (Å²) in [5.74, 6) is 0. The fourth-order valence-corrected chi connectivity index (χ4v) is 1.91. The average Bonchev–Trinajstić information content (AvgIpc) is 2.13. The van der Waals surface area contributed by atoms with Gasteiger partial charge in [0.2, 0.25) is 0 Å². The van der Waals surface area contributed by atoms with Crippen molar-refractivity contribution in [2.45, 2.75) is 64.0 Å². The molecule has 1 rings (SSSR count). The van der Waals surface area contributed by atoms with Crippen LogP contribution in [0.5, 0.6) is 0 Å². The molecule has 2 atom stereocenters.